The summed E-state index contributed by atoms with van der Waals surface area (Å²) in [5.74, 6) is -1.82. The van der Waals surface area contributed by atoms with Crippen LogP contribution in [-0.4, -0.2) is 23.4 Å². The fourth-order valence-corrected chi connectivity index (χ4v) is 5.51. The molecule has 29 heavy (non-hydrogen) atoms. The van der Waals surface area contributed by atoms with E-state index in [4.69, 9.17) is 11.6 Å². The average molecular weight is 424 g/mol. The molecule has 2 unspecified atom stereocenters. The zero-order valence-electron chi connectivity index (χ0n) is 15.4. The number of rotatable bonds is 4. The van der Waals surface area contributed by atoms with Gasteiger partial charge in [0.05, 0.1) is 11.1 Å². The highest BCUT2D eigenvalue weighted by Gasteiger charge is 2.58. The lowest BCUT2D eigenvalue weighted by molar-refractivity contribution is -0.137. The van der Waals surface area contributed by atoms with E-state index in [1.807, 2.05) is 0 Å². The second-order valence-electron chi connectivity index (χ2n) is 8.83. The Hall–Kier alpha value is -2.22. The summed E-state index contributed by atoms with van der Waals surface area (Å²) in [4.78, 5) is 36.2. The summed E-state index contributed by atoms with van der Waals surface area (Å²) in [5, 5.41) is 7.39. The summed E-state index contributed by atoms with van der Waals surface area (Å²) in [6.07, 6.45) is 3.10. The van der Waals surface area contributed by atoms with Crippen LogP contribution < -0.4 is 16.0 Å². The molecule has 3 aliphatic carbocycles. The number of halogens is 3. The highest BCUT2D eigenvalue weighted by Crippen LogP contribution is 2.57. The van der Waals surface area contributed by atoms with Crippen LogP contribution in [0.5, 0.6) is 0 Å². The molecule has 1 aromatic rings. The van der Waals surface area contributed by atoms with Gasteiger partial charge in [-0.2, -0.15) is 0 Å². The zero-order valence-corrected chi connectivity index (χ0v) is 16.2. The molecule has 6 nitrogen and oxygen atoms in total. The van der Waals surface area contributed by atoms with Crippen molar-refractivity contribution in [3.05, 3.63) is 34.4 Å². The maximum atomic E-state index is 14.7. The Balaban J connectivity index is 1.36. The number of carbonyl (C=O) groups is 3. The minimum absolute atomic E-state index is 0.0614. The van der Waals surface area contributed by atoms with Crippen molar-refractivity contribution in [2.45, 2.75) is 43.7 Å². The van der Waals surface area contributed by atoms with Crippen molar-refractivity contribution in [3.63, 3.8) is 0 Å². The largest absolute Gasteiger partial charge is 0.349 e. The third-order valence-electron chi connectivity index (χ3n) is 7.01. The van der Waals surface area contributed by atoms with Gasteiger partial charge in [0.2, 0.25) is 5.91 Å². The molecule has 4 aliphatic rings. The first-order valence-electron chi connectivity index (χ1n) is 9.85. The fraction of sp³-hybridized carbons (Fsp3) is 0.550. The van der Waals surface area contributed by atoms with Crippen LogP contribution in [-0.2, 0) is 9.59 Å². The van der Waals surface area contributed by atoms with E-state index in [0.29, 0.717) is 11.8 Å². The molecule has 3 saturated carbocycles. The van der Waals surface area contributed by atoms with Crippen molar-refractivity contribution in [1.82, 2.24) is 16.0 Å². The van der Waals surface area contributed by atoms with E-state index in [-0.39, 0.29) is 35.3 Å². The summed E-state index contributed by atoms with van der Waals surface area (Å²) < 4.78 is 29.3. The van der Waals surface area contributed by atoms with Gasteiger partial charge in [-0.05, 0) is 62.0 Å². The molecule has 4 amide bonds. The number of benzene rings is 1. The maximum Gasteiger partial charge on any atom is 0.322 e. The van der Waals surface area contributed by atoms with Crippen molar-refractivity contribution in [1.29, 1.82) is 0 Å². The Morgan fingerprint density at radius 3 is 2.48 bits per heavy atom. The molecule has 1 aromatic carbocycles. The van der Waals surface area contributed by atoms with Gasteiger partial charge in [-0.15, -0.1) is 0 Å². The molecule has 1 spiro atoms. The number of amides is 4. The lowest BCUT2D eigenvalue weighted by Gasteiger charge is -2.42. The van der Waals surface area contributed by atoms with Gasteiger partial charge in [-0.3, -0.25) is 14.9 Å². The van der Waals surface area contributed by atoms with Crippen molar-refractivity contribution >= 4 is 29.4 Å². The van der Waals surface area contributed by atoms with Gasteiger partial charge in [-0.25, -0.2) is 13.6 Å². The summed E-state index contributed by atoms with van der Waals surface area (Å²) in [7, 11) is 0. The molecule has 4 atom stereocenters. The number of hydrogen-bond acceptors (Lipinski definition) is 3. The van der Waals surface area contributed by atoms with Gasteiger partial charge < -0.3 is 10.6 Å². The predicted molar refractivity (Wildman–Crippen MR) is 98.7 cm³/mol. The normalized spacial score (nSPS) is 35.6. The average Bonchev–Trinajstić information content (AvgIpc) is 3.11. The van der Waals surface area contributed by atoms with Crippen LogP contribution >= 0.6 is 11.6 Å². The number of urea groups is 1. The van der Waals surface area contributed by atoms with Gasteiger partial charge in [0, 0.05) is 11.5 Å². The molecule has 1 aliphatic heterocycles. The minimum atomic E-state index is -1.05. The summed E-state index contributed by atoms with van der Waals surface area (Å²) in [5.41, 5.74) is -1.24. The molecule has 0 aromatic heterocycles. The Labute approximate surface area is 170 Å². The minimum Gasteiger partial charge on any atom is -0.349 e. The second-order valence-corrected chi connectivity index (χ2v) is 9.23. The molecule has 3 N–H and O–H groups in total. The van der Waals surface area contributed by atoms with Crippen LogP contribution in [0.4, 0.5) is 13.6 Å². The van der Waals surface area contributed by atoms with Gasteiger partial charge in [0.15, 0.2) is 0 Å². The third-order valence-corrected chi connectivity index (χ3v) is 7.31. The van der Waals surface area contributed by atoms with Gasteiger partial charge in [0.1, 0.15) is 17.2 Å². The third kappa shape index (κ3) is 2.99. The van der Waals surface area contributed by atoms with Crippen molar-refractivity contribution in [2.24, 2.45) is 23.7 Å². The lowest BCUT2D eigenvalue weighted by Crippen LogP contribution is -2.60. The van der Waals surface area contributed by atoms with Gasteiger partial charge >= 0.3 is 6.03 Å². The standard InChI is InChI=1S/C20H20ClF2N3O3/c21-12-1-2-13(22)14(15(12)23)16(10-4-8-3-9(8)5-10)24-17(27)11-6-20(7-11)18(28)25-19(29)26-20/h1-2,8-11,16H,3-7H2,(H,24,27)(H2,25,26,28,29)/t8-,9+,10?,11?,16?,20?. The summed E-state index contributed by atoms with van der Waals surface area (Å²) >= 11 is 5.88. The van der Waals surface area contributed by atoms with E-state index in [9.17, 15) is 23.2 Å². The highest BCUT2D eigenvalue weighted by atomic mass is 35.5. The summed E-state index contributed by atoms with van der Waals surface area (Å²) in [6.45, 7) is 0. The van der Waals surface area contributed by atoms with E-state index in [1.54, 1.807) is 0 Å². The second kappa shape index (κ2) is 6.39. The van der Waals surface area contributed by atoms with Gasteiger partial charge in [-0.1, -0.05) is 11.6 Å². The first-order chi connectivity index (χ1) is 13.8. The quantitative estimate of drug-likeness (QED) is 0.514. The van der Waals surface area contributed by atoms with Crippen LogP contribution in [0.3, 0.4) is 0 Å². The van der Waals surface area contributed by atoms with E-state index in [0.717, 1.165) is 31.4 Å². The van der Waals surface area contributed by atoms with Crippen LogP contribution in [0.2, 0.25) is 5.02 Å². The number of imide groups is 1. The molecule has 1 heterocycles. The molecule has 9 heteroatoms. The Bertz CT molecular complexity index is 924. The summed E-state index contributed by atoms with van der Waals surface area (Å²) in [6, 6.07) is 0.905. The van der Waals surface area contributed by atoms with Crippen LogP contribution in [0.15, 0.2) is 12.1 Å². The van der Waals surface area contributed by atoms with Crippen molar-refractivity contribution < 1.29 is 23.2 Å². The smallest absolute Gasteiger partial charge is 0.322 e. The fourth-order valence-electron chi connectivity index (χ4n) is 5.34. The molecule has 0 radical (unpaired) electrons. The first-order valence-corrected chi connectivity index (χ1v) is 10.2. The number of carbonyl (C=O) groups excluding carboxylic acids is 3. The van der Waals surface area contributed by atoms with Crippen molar-refractivity contribution in [2.75, 3.05) is 0 Å². The van der Waals surface area contributed by atoms with E-state index >= 15 is 0 Å². The Kier molecular flexibility index (Phi) is 4.14. The van der Waals surface area contributed by atoms with E-state index < -0.39 is 41.1 Å². The van der Waals surface area contributed by atoms with Crippen LogP contribution in [0, 0.1) is 35.3 Å². The lowest BCUT2D eigenvalue weighted by atomic mass is 9.67. The number of nitrogens with one attached hydrogen (secondary N) is 3. The predicted octanol–water partition coefficient (Wildman–Crippen LogP) is 2.81. The molecule has 0 bridgehead atoms. The molecular weight excluding hydrogens is 404 g/mol. The maximum absolute atomic E-state index is 14.7. The molecule has 5 rings (SSSR count). The molecule has 1 saturated heterocycles. The zero-order chi connectivity index (χ0) is 20.5. The Morgan fingerprint density at radius 2 is 1.86 bits per heavy atom. The Morgan fingerprint density at radius 1 is 1.17 bits per heavy atom. The number of hydrogen-bond donors (Lipinski definition) is 3. The monoisotopic (exact) mass is 423 g/mol. The first kappa shape index (κ1) is 18.8. The topological polar surface area (TPSA) is 87.3 Å². The van der Waals surface area contributed by atoms with Crippen LogP contribution in [0.1, 0.15) is 43.7 Å². The molecule has 154 valence electrons. The highest BCUT2D eigenvalue weighted by molar-refractivity contribution is 6.30. The number of fused-ring (bicyclic) bond motifs is 1. The van der Waals surface area contributed by atoms with E-state index in [1.165, 1.54) is 0 Å². The van der Waals surface area contributed by atoms with Crippen molar-refractivity contribution in [3.8, 4) is 0 Å². The van der Waals surface area contributed by atoms with Crippen LogP contribution in [0.25, 0.3) is 0 Å². The molecular formula is C20H20ClF2N3O3. The molecule has 4 fully saturated rings. The van der Waals surface area contributed by atoms with Gasteiger partial charge in [0.25, 0.3) is 5.91 Å². The SMILES string of the molecule is O=C1NC(=O)C2(CC(C(=O)NC(c3c(F)ccc(Cl)c3F)C3C[C@@H]4C[C@@H]4C3)C2)N1. The van der Waals surface area contributed by atoms with E-state index in [2.05, 4.69) is 16.0 Å².